The van der Waals surface area contributed by atoms with Crippen LogP contribution >= 0.6 is 11.6 Å². The average Bonchev–Trinajstić information content (AvgIpc) is 3.51. The minimum Gasteiger partial charge on any atom is -0.484 e. The number of amides is 2. The van der Waals surface area contributed by atoms with Gasteiger partial charge in [0.1, 0.15) is 11.9 Å². The second kappa shape index (κ2) is 10.7. The summed E-state index contributed by atoms with van der Waals surface area (Å²) in [5.74, 6) is -0.312. The van der Waals surface area contributed by atoms with Gasteiger partial charge in [-0.15, -0.1) is 0 Å². The molecule has 6 rings (SSSR count). The quantitative estimate of drug-likeness (QED) is 0.422. The summed E-state index contributed by atoms with van der Waals surface area (Å²) in [7, 11) is 1.44. The maximum absolute atomic E-state index is 14.4. The molecule has 1 saturated carbocycles. The van der Waals surface area contributed by atoms with E-state index in [1.807, 2.05) is 4.90 Å². The van der Waals surface area contributed by atoms with Crippen LogP contribution < -0.4 is 14.8 Å². The predicted molar refractivity (Wildman–Crippen MR) is 140 cm³/mol. The van der Waals surface area contributed by atoms with E-state index >= 15 is 0 Å². The molecule has 0 radical (unpaired) electrons. The van der Waals surface area contributed by atoms with Crippen molar-refractivity contribution in [2.24, 2.45) is 5.92 Å². The Kier molecular flexibility index (Phi) is 7.05. The fourth-order valence-electron chi connectivity index (χ4n) is 5.23. The van der Waals surface area contributed by atoms with Gasteiger partial charge in [0.2, 0.25) is 11.8 Å². The van der Waals surface area contributed by atoms with Crippen LogP contribution in [-0.2, 0) is 16.1 Å². The highest BCUT2D eigenvalue weighted by Gasteiger charge is 2.54. The predicted octanol–water partition coefficient (Wildman–Crippen LogP) is 3.15. The Morgan fingerprint density at radius 3 is 2.77 bits per heavy atom. The molecule has 1 atom stereocenters. The van der Waals surface area contributed by atoms with Gasteiger partial charge in [0.25, 0.3) is 5.91 Å². The number of hydrogen-bond donors (Lipinski definition) is 2. The Hall–Kier alpha value is -3.77. The number of halogens is 2. The van der Waals surface area contributed by atoms with Gasteiger partial charge >= 0.3 is 0 Å². The third-order valence-electron chi connectivity index (χ3n) is 7.70. The number of hydrogen-bond acceptors (Lipinski definition) is 8. The van der Waals surface area contributed by atoms with Crippen molar-refractivity contribution in [2.45, 2.75) is 43.9 Å². The molecule has 210 valence electrons. The summed E-state index contributed by atoms with van der Waals surface area (Å²) in [5.41, 5.74) is 0.932. The summed E-state index contributed by atoms with van der Waals surface area (Å²) in [6.45, 7) is 1.71. The first-order valence-electron chi connectivity index (χ1n) is 13.1. The van der Waals surface area contributed by atoms with E-state index in [4.69, 9.17) is 25.8 Å². The molecule has 0 unspecified atom stereocenters. The van der Waals surface area contributed by atoms with Gasteiger partial charge in [-0.25, -0.2) is 9.37 Å². The summed E-state index contributed by atoms with van der Waals surface area (Å²) in [4.78, 5) is 36.5. The van der Waals surface area contributed by atoms with Crippen LogP contribution in [0, 0.1) is 11.7 Å². The summed E-state index contributed by atoms with van der Waals surface area (Å²) >= 11 is 6.37. The first kappa shape index (κ1) is 26.5. The molecule has 2 amide bonds. The standard InChI is InChI=1S/C27H28ClFN6O5/c1-38-24-7-18(20(29)11-31-24)21-8-22(34-33-21)26(37)35-5-2-15(9-27(35)3-4-27)25(36)32-12-23-19(28)6-16(10-30-23)40-17-13-39-14-17/h6-8,10-11,15,17H,2-5,9,12-14H2,1H3,(H,32,36)(H,33,34)/t15-/m0/s1. The second-order valence-electron chi connectivity index (χ2n) is 10.3. The zero-order valence-corrected chi connectivity index (χ0v) is 22.5. The third-order valence-corrected chi connectivity index (χ3v) is 8.03. The largest absolute Gasteiger partial charge is 0.484 e. The molecular formula is C27H28ClFN6O5. The molecule has 2 saturated heterocycles. The molecule has 0 aromatic carbocycles. The van der Waals surface area contributed by atoms with Crippen LogP contribution in [0.15, 0.2) is 30.6 Å². The molecule has 2 N–H and O–H groups in total. The second-order valence-corrected chi connectivity index (χ2v) is 10.7. The minimum absolute atomic E-state index is 0.0134. The smallest absolute Gasteiger partial charge is 0.274 e. The van der Waals surface area contributed by atoms with Crippen molar-refractivity contribution >= 4 is 23.4 Å². The minimum atomic E-state index is -0.557. The van der Waals surface area contributed by atoms with Crippen molar-refractivity contribution in [3.8, 4) is 22.9 Å². The normalized spacial score (nSPS) is 19.7. The molecule has 1 spiro atoms. The monoisotopic (exact) mass is 570 g/mol. The van der Waals surface area contributed by atoms with Crippen molar-refractivity contribution in [2.75, 3.05) is 26.9 Å². The molecule has 0 bridgehead atoms. The number of ether oxygens (including phenoxy) is 3. The number of rotatable bonds is 8. The fourth-order valence-corrected chi connectivity index (χ4v) is 5.45. The topological polar surface area (TPSA) is 132 Å². The van der Waals surface area contributed by atoms with Crippen LogP contribution in [0.5, 0.6) is 11.6 Å². The highest BCUT2D eigenvalue weighted by molar-refractivity contribution is 6.31. The molecule has 3 aromatic rings. The summed E-state index contributed by atoms with van der Waals surface area (Å²) < 4.78 is 30.3. The third kappa shape index (κ3) is 5.20. The lowest BCUT2D eigenvalue weighted by molar-refractivity contribution is -0.127. The Bertz CT molecular complexity index is 1440. The molecule has 1 aliphatic carbocycles. The first-order valence-corrected chi connectivity index (χ1v) is 13.5. The van der Waals surface area contributed by atoms with E-state index in [9.17, 15) is 14.0 Å². The van der Waals surface area contributed by atoms with Gasteiger partial charge < -0.3 is 24.4 Å². The lowest BCUT2D eigenvalue weighted by atomic mass is 9.88. The van der Waals surface area contributed by atoms with Gasteiger partial charge in [0, 0.05) is 35.7 Å². The molecule has 13 heteroatoms. The maximum atomic E-state index is 14.4. The van der Waals surface area contributed by atoms with E-state index in [0.29, 0.717) is 54.8 Å². The zero-order chi connectivity index (χ0) is 27.9. The SMILES string of the molecule is COc1cc(-c2cc(C(=O)N3CC[C@H](C(=O)NCc4ncc(OC5COC5)cc4Cl)CC34CC4)n[nH]2)c(F)cn1. The molecule has 3 fully saturated rings. The first-order chi connectivity index (χ1) is 19.3. The molecule has 3 aliphatic rings. The van der Waals surface area contributed by atoms with Gasteiger partial charge in [-0.1, -0.05) is 11.6 Å². The summed E-state index contributed by atoms with van der Waals surface area (Å²) in [6, 6.07) is 4.67. The Labute approximate surface area is 234 Å². The number of carbonyl (C=O) groups excluding carboxylic acids is 2. The number of carbonyl (C=O) groups is 2. The van der Waals surface area contributed by atoms with Gasteiger partial charge in [0.05, 0.1) is 55.7 Å². The van der Waals surface area contributed by atoms with Gasteiger partial charge in [-0.3, -0.25) is 19.7 Å². The lowest BCUT2D eigenvalue weighted by Crippen LogP contribution is -2.50. The number of piperidine rings is 1. The van der Waals surface area contributed by atoms with Crippen molar-refractivity contribution in [1.29, 1.82) is 0 Å². The van der Waals surface area contributed by atoms with Gasteiger partial charge in [-0.2, -0.15) is 5.10 Å². The van der Waals surface area contributed by atoms with E-state index in [1.54, 1.807) is 12.3 Å². The van der Waals surface area contributed by atoms with E-state index in [0.717, 1.165) is 19.0 Å². The Morgan fingerprint density at radius 2 is 2.08 bits per heavy atom. The number of aromatic nitrogens is 4. The molecule has 5 heterocycles. The van der Waals surface area contributed by atoms with E-state index < -0.39 is 5.82 Å². The highest BCUT2D eigenvalue weighted by atomic mass is 35.5. The van der Waals surface area contributed by atoms with Crippen LogP contribution in [-0.4, -0.2) is 75.4 Å². The Morgan fingerprint density at radius 1 is 1.25 bits per heavy atom. The number of H-pyrrole nitrogens is 1. The highest BCUT2D eigenvalue weighted by Crippen LogP contribution is 2.50. The van der Waals surface area contributed by atoms with Crippen molar-refractivity contribution in [3.63, 3.8) is 0 Å². The summed E-state index contributed by atoms with van der Waals surface area (Å²) in [5, 5.41) is 10.3. The van der Waals surface area contributed by atoms with E-state index in [1.165, 1.54) is 19.2 Å². The number of nitrogens with zero attached hydrogens (tertiary/aromatic N) is 4. The molecular weight excluding hydrogens is 543 g/mol. The van der Waals surface area contributed by atoms with Gasteiger partial charge in [0.15, 0.2) is 11.5 Å². The number of likely N-dealkylation sites (tertiary alicyclic amines) is 1. The molecule has 3 aromatic heterocycles. The summed E-state index contributed by atoms with van der Waals surface area (Å²) in [6.07, 6.45) is 5.38. The van der Waals surface area contributed by atoms with Crippen LogP contribution in [0.1, 0.15) is 41.9 Å². The van der Waals surface area contributed by atoms with Gasteiger partial charge in [-0.05, 0) is 31.7 Å². The van der Waals surface area contributed by atoms with Crippen molar-refractivity contribution in [1.82, 2.24) is 30.4 Å². The van der Waals surface area contributed by atoms with Crippen LogP contribution in [0.4, 0.5) is 4.39 Å². The maximum Gasteiger partial charge on any atom is 0.274 e. The van der Waals surface area contributed by atoms with Crippen molar-refractivity contribution < 1.29 is 28.2 Å². The Balaban J connectivity index is 1.06. The van der Waals surface area contributed by atoms with Crippen molar-refractivity contribution in [3.05, 3.63) is 52.8 Å². The number of aromatic amines is 1. The van der Waals surface area contributed by atoms with Crippen LogP contribution in [0.25, 0.3) is 11.3 Å². The average molecular weight is 571 g/mol. The lowest BCUT2D eigenvalue weighted by Gasteiger charge is -2.39. The van der Waals surface area contributed by atoms with E-state index in [2.05, 4.69) is 25.5 Å². The van der Waals surface area contributed by atoms with E-state index in [-0.39, 0.29) is 53.1 Å². The number of pyridine rings is 2. The molecule has 2 aliphatic heterocycles. The number of methoxy groups -OCH3 is 1. The zero-order valence-electron chi connectivity index (χ0n) is 21.8. The number of nitrogens with one attached hydrogen (secondary N) is 2. The molecule has 11 nitrogen and oxygen atoms in total. The van der Waals surface area contributed by atoms with Crippen LogP contribution in [0.3, 0.4) is 0 Å². The van der Waals surface area contributed by atoms with Crippen LogP contribution in [0.2, 0.25) is 5.02 Å². The molecule has 40 heavy (non-hydrogen) atoms. The fraction of sp³-hybridized carbons (Fsp3) is 0.444.